The summed E-state index contributed by atoms with van der Waals surface area (Å²) in [6, 6.07) is 15.7. The second-order valence-electron chi connectivity index (χ2n) is 7.87. The van der Waals surface area contributed by atoms with Crippen LogP contribution < -0.4 is 0 Å². The molecule has 0 saturated carbocycles. The lowest BCUT2D eigenvalue weighted by molar-refractivity contribution is -0.140. The van der Waals surface area contributed by atoms with E-state index in [0.29, 0.717) is 11.2 Å². The number of ketones is 1. The van der Waals surface area contributed by atoms with Crippen molar-refractivity contribution in [2.45, 2.75) is 69.5 Å². The summed E-state index contributed by atoms with van der Waals surface area (Å²) in [5.74, 6) is -0.0369. The number of esters is 1. The first-order chi connectivity index (χ1) is 14.5. The van der Waals surface area contributed by atoms with Crippen LogP contribution in [0.15, 0.2) is 48.5 Å². The third-order valence-corrected chi connectivity index (χ3v) is 6.40. The van der Waals surface area contributed by atoms with Crippen LogP contribution in [-0.4, -0.2) is 18.9 Å². The smallest absolute Gasteiger partial charge is 0.305 e. The Balaban J connectivity index is 1.65. The van der Waals surface area contributed by atoms with Gasteiger partial charge < -0.3 is 4.74 Å². The molecular weight excluding hydrogens is 440 g/mol. The number of hydrogen-bond donors (Lipinski definition) is 0. The molecule has 0 fully saturated rings. The lowest BCUT2D eigenvalue weighted by atomic mass is 9.99. The van der Waals surface area contributed by atoms with Gasteiger partial charge in [-0.3, -0.25) is 9.59 Å². The van der Waals surface area contributed by atoms with Gasteiger partial charge in [-0.25, -0.2) is 0 Å². The highest BCUT2D eigenvalue weighted by Crippen LogP contribution is 2.29. The van der Waals surface area contributed by atoms with Crippen LogP contribution in [0, 0.1) is 6.92 Å². The number of ether oxygens (including phenoxy) is 1. The lowest BCUT2D eigenvalue weighted by Crippen LogP contribution is -2.01. The average molecular weight is 473 g/mol. The Morgan fingerprint density at radius 2 is 1.30 bits per heavy atom. The maximum atomic E-state index is 12.6. The van der Waals surface area contributed by atoms with E-state index in [1.807, 2.05) is 43.3 Å². The van der Waals surface area contributed by atoms with Crippen LogP contribution in [0.25, 0.3) is 0 Å². The highest BCUT2D eigenvalue weighted by atomic mass is 79.9. The highest BCUT2D eigenvalue weighted by Gasteiger charge is 2.11. The minimum absolute atomic E-state index is 0.0688. The van der Waals surface area contributed by atoms with E-state index in [1.54, 1.807) is 0 Å². The van der Waals surface area contributed by atoms with Gasteiger partial charge in [0.05, 0.1) is 7.11 Å². The van der Waals surface area contributed by atoms with Crippen molar-refractivity contribution in [3.63, 3.8) is 0 Å². The van der Waals surface area contributed by atoms with Gasteiger partial charge in [0.25, 0.3) is 0 Å². The fourth-order valence-corrected chi connectivity index (χ4v) is 4.09. The summed E-state index contributed by atoms with van der Waals surface area (Å²) in [5.41, 5.74) is 3.84. The van der Waals surface area contributed by atoms with E-state index >= 15 is 0 Å². The van der Waals surface area contributed by atoms with Gasteiger partial charge in [0.2, 0.25) is 0 Å². The first-order valence-electron chi connectivity index (χ1n) is 10.9. The van der Waals surface area contributed by atoms with Crippen LogP contribution in [0.4, 0.5) is 0 Å². The zero-order valence-corrected chi connectivity index (χ0v) is 19.7. The SMILES string of the molecule is COC(=O)CCCCCCCCCC(Br)c1ccc(C(=O)c2ccc(C)cc2)cc1. The number of carbonyl (C=O) groups excluding carboxylic acids is 2. The molecule has 0 aliphatic rings. The van der Waals surface area contributed by atoms with Crippen molar-refractivity contribution in [1.29, 1.82) is 0 Å². The van der Waals surface area contributed by atoms with Gasteiger partial charge in [-0.2, -0.15) is 0 Å². The van der Waals surface area contributed by atoms with E-state index in [-0.39, 0.29) is 11.8 Å². The quantitative estimate of drug-likeness (QED) is 0.132. The number of rotatable bonds is 13. The molecule has 0 N–H and O–H groups in total. The van der Waals surface area contributed by atoms with Crippen molar-refractivity contribution in [2.24, 2.45) is 0 Å². The molecule has 0 saturated heterocycles. The minimum Gasteiger partial charge on any atom is -0.469 e. The summed E-state index contributed by atoms with van der Waals surface area (Å²) in [7, 11) is 1.44. The Labute approximate surface area is 189 Å². The number of carbonyl (C=O) groups is 2. The molecule has 2 aromatic carbocycles. The fraction of sp³-hybridized carbons (Fsp3) is 0.462. The molecule has 0 bridgehead atoms. The third-order valence-electron chi connectivity index (χ3n) is 5.41. The number of unbranched alkanes of at least 4 members (excludes halogenated alkanes) is 6. The molecule has 4 heteroatoms. The highest BCUT2D eigenvalue weighted by molar-refractivity contribution is 9.09. The van der Waals surface area contributed by atoms with E-state index < -0.39 is 0 Å². The summed E-state index contributed by atoms with van der Waals surface area (Å²) in [5, 5.41) is 0. The van der Waals surface area contributed by atoms with E-state index in [9.17, 15) is 9.59 Å². The fourth-order valence-electron chi connectivity index (χ4n) is 3.46. The Hall–Kier alpha value is -1.94. The van der Waals surface area contributed by atoms with Crippen LogP contribution in [-0.2, 0) is 9.53 Å². The zero-order valence-electron chi connectivity index (χ0n) is 18.2. The molecule has 0 aromatic heterocycles. The van der Waals surface area contributed by atoms with Crippen LogP contribution in [0.1, 0.15) is 89.7 Å². The largest absolute Gasteiger partial charge is 0.469 e. The summed E-state index contributed by atoms with van der Waals surface area (Å²) >= 11 is 3.80. The average Bonchev–Trinajstić information content (AvgIpc) is 2.77. The summed E-state index contributed by atoms with van der Waals surface area (Å²) in [6.07, 6.45) is 9.72. The maximum absolute atomic E-state index is 12.6. The normalized spacial score (nSPS) is 11.8. The van der Waals surface area contributed by atoms with Gasteiger partial charge in [-0.15, -0.1) is 0 Å². The van der Waals surface area contributed by atoms with Crippen LogP contribution in [0.5, 0.6) is 0 Å². The van der Waals surface area contributed by atoms with Gasteiger partial charge in [0.15, 0.2) is 5.78 Å². The molecule has 0 amide bonds. The molecule has 1 unspecified atom stereocenters. The molecule has 1 atom stereocenters. The number of halogens is 1. The molecule has 0 spiro atoms. The minimum atomic E-state index is -0.106. The molecule has 162 valence electrons. The van der Waals surface area contributed by atoms with Gasteiger partial charge >= 0.3 is 5.97 Å². The van der Waals surface area contributed by atoms with Gasteiger partial charge in [0.1, 0.15) is 0 Å². The van der Waals surface area contributed by atoms with Crippen molar-refractivity contribution in [3.8, 4) is 0 Å². The van der Waals surface area contributed by atoms with Crippen molar-refractivity contribution < 1.29 is 14.3 Å². The number of methoxy groups -OCH3 is 1. The standard InChI is InChI=1S/C26H33BrO3/c1-20-12-14-22(15-13-20)26(29)23-18-16-21(17-19-23)24(27)10-8-6-4-3-5-7-9-11-25(28)30-2/h12-19,24H,3-11H2,1-2H3. The van der Waals surface area contributed by atoms with E-state index in [2.05, 4.69) is 32.8 Å². The van der Waals surface area contributed by atoms with Gasteiger partial charge in [-0.1, -0.05) is 109 Å². The first kappa shape index (κ1) is 24.3. The van der Waals surface area contributed by atoms with Crippen LogP contribution in [0.2, 0.25) is 0 Å². The second kappa shape index (κ2) is 13.4. The number of alkyl halides is 1. The molecule has 2 aromatic rings. The Morgan fingerprint density at radius 1 is 0.800 bits per heavy atom. The molecule has 30 heavy (non-hydrogen) atoms. The molecule has 0 heterocycles. The topological polar surface area (TPSA) is 43.4 Å². The van der Waals surface area contributed by atoms with E-state index in [0.717, 1.165) is 36.0 Å². The van der Waals surface area contributed by atoms with Crippen molar-refractivity contribution in [2.75, 3.05) is 7.11 Å². The van der Waals surface area contributed by atoms with Gasteiger partial charge in [0, 0.05) is 22.4 Å². The summed E-state index contributed by atoms with van der Waals surface area (Å²) in [6.45, 7) is 2.02. The zero-order chi connectivity index (χ0) is 21.8. The van der Waals surface area contributed by atoms with Crippen molar-refractivity contribution in [1.82, 2.24) is 0 Å². The summed E-state index contributed by atoms with van der Waals surface area (Å²) in [4.78, 5) is 24.0. The molecule has 2 rings (SSSR count). The monoisotopic (exact) mass is 472 g/mol. The van der Waals surface area contributed by atoms with Crippen LogP contribution >= 0.6 is 15.9 Å². The Bertz CT molecular complexity index is 781. The lowest BCUT2D eigenvalue weighted by Gasteiger charge is -2.11. The summed E-state index contributed by atoms with van der Waals surface area (Å²) < 4.78 is 4.65. The number of benzene rings is 2. The van der Waals surface area contributed by atoms with Crippen molar-refractivity contribution in [3.05, 3.63) is 70.8 Å². The molecular formula is C26H33BrO3. The van der Waals surface area contributed by atoms with Crippen LogP contribution in [0.3, 0.4) is 0 Å². The van der Waals surface area contributed by atoms with Gasteiger partial charge in [-0.05, 0) is 25.3 Å². The molecule has 3 nitrogen and oxygen atoms in total. The Kier molecular flexibility index (Phi) is 10.9. The third kappa shape index (κ3) is 8.43. The maximum Gasteiger partial charge on any atom is 0.305 e. The van der Waals surface area contributed by atoms with E-state index in [4.69, 9.17) is 0 Å². The molecule has 0 aliphatic heterocycles. The Morgan fingerprint density at radius 3 is 1.87 bits per heavy atom. The van der Waals surface area contributed by atoms with E-state index in [1.165, 1.54) is 44.8 Å². The molecule has 0 aliphatic carbocycles. The predicted octanol–water partition coefficient (Wildman–Crippen LogP) is 7.35. The molecule has 0 radical (unpaired) electrons. The number of aryl methyl sites for hydroxylation is 1. The second-order valence-corrected chi connectivity index (χ2v) is 8.98. The first-order valence-corrected chi connectivity index (χ1v) is 11.8. The predicted molar refractivity (Wildman–Crippen MR) is 126 cm³/mol. The number of hydrogen-bond acceptors (Lipinski definition) is 3. The van der Waals surface area contributed by atoms with Crippen molar-refractivity contribution >= 4 is 27.7 Å².